The van der Waals surface area contributed by atoms with Gasteiger partial charge in [-0.05, 0) is 97.0 Å². The van der Waals surface area contributed by atoms with E-state index in [2.05, 4.69) is 41.1 Å². The predicted molar refractivity (Wildman–Crippen MR) is 131 cm³/mol. The average Bonchev–Trinajstić information content (AvgIpc) is 2.83. The SMILES string of the molecule is C/C=C/CCc1ccc(CCc2ccc(C#Cc3ccc4cc(F)ccc4c3)c(F)c2)nc1. The zero-order valence-corrected chi connectivity index (χ0v) is 18.6. The normalized spacial score (nSPS) is 11.0. The molecule has 0 saturated carbocycles. The molecule has 1 nitrogen and oxygen atoms in total. The van der Waals surface area contributed by atoms with E-state index in [9.17, 15) is 8.78 Å². The van der Waals surface area contributed by atoms with Crippen LogP contribution in [0.1, 0.15) is 41.3 Å². The molecule has 0 aliphatic carbocycles. The van der Waals surface area contributed by atoms with Crippen LogP contribution in [0.2, 0.25) is 0 Å². The Balaban J connectivity index is 1.39. The molecule has 0 amide bonds. The average molecular weight is 438 g/mol. The molecule has 1 aromatic heterocycles. The van der Waals surface area contributed by atoms with Crippen LogP contribution in [0, 0.1) is 23.5 Å². The van der Waals surface area contributed by atoms with Crippen LogP contribution < -0.4 is 0 Å². The fourth-order valence-corrected chi connectivity index (χ4v) is 3.69. The van der Waals surface area contributed by atoms with Crippen LogP contribution in [0.4, 0.5) is 8.78 Å². The highest BCUT2D eigenvalue weighted by Crippen LogP contribution is 2.18. The summed E-state index contributed by atoms with van der Waals surface area (Å²) < 4.78 is 27.9. The molecule has 0 aliphatic heterocycles. The number of aromatic nitrogens is 1. The van der Waals surface area contributed by atoms with Gasteiger partial charge in [0.05, 0.1) is 5.56 Å². The van der Waals surface area contributed by atoms with Crippen LogP contribution in [-0.2, 0) is 19.3 Å². The molecule has 0 fully saturated rings. The highest BCUT2D eigenvalue weighted by atomic mass is 19.1. The monoisotopic (exact) mass is 437 g/mol. The smallest absolute Gasteiger partial charge is 0.139 e. The Morgan fingerprint density at radius 3 is 2.39 bits per heavy atom. The lowest BCUT2D eigenvalue weighted by molar-refractivity contribution is 0.621. The zero-order chi connectivity index (χ0) is 23.0. The number of aryl methyl sites for hydroxylation is 3. The third-order valence-electron chi connectivity index (χ3n) is 5.57. The third-order valence-corrected chi connectivity index (χ3v) is 5.57. The second kappa shape index (κ2) is 10.7. The fourth-order valence-electron chi connectivity index (χ4n) is 3.69. The zero-order valence-electron chi connectivity index (χ0n) is 18.6. The number of rotatable bonds is 6. The van der Waals surface area contributed by atoms with Crippen molar-refractivity contribution in [3.8, 4) is 11.8 Å². The van der Waals surface area contributed by atoms with Crippen LogP contribution in [0.5, 0.6) is 0 Å². The molecule has 4 rings (SSSR count). The molecule has 0 bridgehead atoms. The molecule has 4 aromatic rings. The number of pyridine rings is 1. The van der Waals surface area contributed by atoms with Crippen molar-refractivity contribution < 1.29 is 8.78 Å². The van der Waals surface area contributed by atoms with Crippen LogP contribution >= 0.6 is 0 Å². The molecular formula is C30H25F2N. The lowest BCUT2D eigenvalue weighted by atomic mass is 10.0. The highest BCUT2D eigenvalue weighted by molar-refractivity contribution is 5.84. The van der Waals surface area contributed by atoms with Crippen molar-refractivity contribution in [1.29, 1.82) is 0 Å². The van der Waals surface area contributed by atoms with Gasteiger partial charge in [0.15, 0.2) is 0 Å². The molecule has 1 heterocycles. The lowest BCUT2D eigenvalue weighted by Crippen LogP contribution is -1.97. The van der Waals surface area contributed by atoms with Gasteiger partial charge in [-0.25, -0.2) is 8.78 Å². The maximum Gasteiger partial charge on any atom is 0.139 e. The number of hydrogen-bond donors (Lipinski definition) is 0. The molecule has 33 heavy (non-hydrogen) atoms. The predicted octanol–water partition coefficient (Wildman–Crippen LogP) is 7.21. The number of allylic oxidation sites excluding steroid dienone is 2. The van der Waals surface area contributed by atoms with E-state index in [4.69, 9.17) is 0 Å². The van der Waals surface area contributed by atoms with Crippen LogP contribution in [-0.4, -0.2) is 4.98 Å². The van der Waals surface area contributed by atoms with E-state index in [1.54, 1.807) is 18.2 Å². The Morgan fingerprint density at radius 2 is 1.61 bits per heavy atom. The van der Waals surface area contributed by atoms with E-state index >= 15 is 0 Å². The van der Waals surface area contributed by atoms with Gasteiger partial charge < -0.3 is 0 Å². The standard InChI is InChI=1S/C30H25F2N/c1-2-3-4-5-24-10-17-29(33-21-24)16-9-23-7-12-25(30(32)19-23)11-6-22-8-13-27-20-28(31)15-14-26(27)18-22/h2-3,7-8,10,12-15,17-21H,4-5,9,16H2,1H3/b3-2+. The Morgan fingerprint density at radius 1 is 0.788 bits per heavy atom. The van der Waals surface area contributed by atoms with Gasteiger partial charge in [-0.3, -0.25) is 4.98 Å². The van der Waals surface area contributed by atoms with Crippen molar-refractivity contribution >= 4 is 10.8 Å². The Bertz CT molecular complexity index is 1340. The van der Waals surface area contributed by atoms with Gasteiger partial charge in [0, 0.05) is 17.5 Å². The summed E-state index contributed by atoms with van der Waals surface area (Å²) >= 11 is 0. The van der Waals surface area contributed by atoms with E-state index in [1.807, 2.05) is 37.4 Å². The van der Waals surface area contributed by atoms with Gasteiger partial charge >= 0.3 is 0 Å². The van der Waals surface area contributed by atoms with Gasteiger partial charge in [0.1, 0.15) is 11.6 Å². The number of hydrogen-bond acceptors (Lipinski definition) is 1. The molecule has 164 valence electrons. The first-order valence-corrected chi connectivity index (χ1v) is 11.2. The minimum atomic E-state index is -0.324. The Kier molecular flexibility index (Phi) is 7.27. The van der Waals surface area contributed by atoms with Crippen molar-refractivity contribution in [3.05, 3.63) is 125 Å². The molecule has 3 aromatic carbocycles. The van der Waals surface area contributed by atoms with E-state index in [1.165, 1.54) is 17.7 Å². The number of benzene rings is 3. The molecule has 0 saturated heterocycles. The van der Waals surface area contributed by atoms with Gasteiger partial charge in [0.25, 0.3) is 0 Å². The summed E-state index contributed by atoms with van der Waals surface area (Å²) in [6.07, 6.45) is 9.64. The number of fused-ring (bicyclic) bond motifs is 1. The van der Waals surface area contributed by atoms with E-state index in [0.29, 0.717) is 5.56 Å². The lowest BCUT2D eigenvalue weighted by Gasteiger charge is -2.05. The summed E-state index contributed by atoms with van der Waals surface area (Å²) in [5.41, 5.74) is 4.28. The molecular weight excluding hydrogens is 412 g/mol. The minimum Gasteiger partial charge on any atom is -0.261 e. The molecule has 0 atom stereocenters. The summed E-state index contributed by atoms with van der Waals surface area (Å²) in [5, 5.41) is 1.72. The van der Waals surface area contributed by atoms with Crippen LogP contribution in [0.15, 0.2) is 85.1 Å². The maximum atomic E-state index is 14.6. The third kappa shape index (κ3) is 6.14. The summed E-state index contributed by atoms with van der Waals surface area (Å²) in [6, 6.07) is 19.5. The fraction of sp³-hybridized carbons (Fsp3) is 0.167. The first-order valence-electron chi connectivity index (χ1n) is 11.2. The van der Waals surface area contributed by atoms with Gasteiger partial charge in [-0.15, -0.1) is 0 Å². The van der Waals surface area contributed by atoms with Crippen LogP contribution in [0.25, 0.3) is 10.8 Å². The van der Waals surface area contributed by atoms with Crippen molar-refractivity contribution in [2.24, 2.45) is 0 Å². The summed E-state index contributed by atoms with van der Waals surface area (Å²) in [4.78, 5) is 4.54. The first kappa shape index (κ1) is 22.4. The van der Waals surface area contributed by atoms with E-state index in [-0.39, 0.29) is 11.6 Å². The summed E-state index contributed by atoms with van der Waals surface area (Å²) in [5.74, 6) is 5.34. The second-order valence-corrected chi connectivity index (χ2v) is 8.04. The van der Waals surface area contributed by atoms with E-state index in [0.717, 1.165) is 53.3 Å². The van der Waals surface area contributed by atoms with Crippen molar-refractivity contribution in [3.63, 3.8) is 0 Å². The molecule has 3 heteroatoms. The Hall–Kier alpha value is -3.77. The molecule has 0 spiro atoms. The van der Waals surface area contributed by atoms with Crippen molar-refractivity contribution in [2.75, 3.05) is 0 Å². The largest absolute Gasteiger partial charge is 0.261 e. The van der Waals surface area contributed by atoms with Gasteiger partial charge in [-0.2, -0.15) is 0 Å². The van der Waals surface area contributed by atoms with Gasteiger partial charge in [-0.1, -0.05) is 48.3 Å². The quantitative estimate of drug-likeness (QED) is 0.229. The van der Waals surface area contributed by atoms with Gasteiger partial charge in [0.2, 0.25) is 0 Å². The molecule has 0 radical (unpaired) electrons. The number of nitrogens with zero attached hydrogens (tertiary/aromatic N) is 1. The summed E-state index contributed by atoms with van der Waals surface area (Å²) in [6.45, 7) is 2.03. The minimum absolute atomic E-state index is 0.267. The Labute approximate surface area is 193 Å². The topological polar surface area (TPSA) is 12.9 Å². The molecule has 0 aliphatic rings. The highest BCUT2D eigenvalue weighted by Gasteiger charge is 2.04. The van der Waals surface area contributed by atoms with Crippen molar-refractivity contribution in [1.82, 2.24) is 4.98 Å². The maximum absolute atomic E-state index is 14.6. The van der Waals surface area contributed by atoms with Crippen LogP contribution in [0.3, 0.4) is 0 Å². The molecule has 0 unspecified atom stereocenters. The van der Waals surface area contributed by atoms with Crippen molar-refractivity contribution in [2.45, 2.75) is 32.6 Å². The van der Waals surface area contributed by atoms with E-state index < -0.39 is 0 Å². The molecule has 0 N–H and O–H groups in total. The second-order valence-electron chi connectivity index (χ2n) is 8.04. The first-order chi connectivity index (χ1) is 16.1. The number of halogens is 2. The summed E-state index contributed by atoms with van der Waals surface area (Å²) in [7, 11) is 0.